The topological polar surface area (TPSA) is 69.2 Å². The molecule has 0 bridgehead atoms. The molecule has 0 N–H and O–H groups in total. The van der Waals surface area contributed by atoms with Crippen LogP contribution in [0.5, 0.6) is 0 Å². The molecule has 7 heavy (non-hydrogen) atoms. The van der Waals surface area contributed by atoms with E-state index in [0.717, 1.165) is 21.3 Å². The van der Waals surface area contributed by atoms with Crippen molar-refractivity contribution in [1.29, 1.82) is 0 Å². The Bertz CT molecular complexity index is 10.1. The first kappa shape index (κ1) is 24.5. The van der Waals surface area contributed by atoms with Gasteiger partial charge in [0, 0.05) is 0 Å². The third kappa shape index (κ3) is 179. The molecule has 0 fully saturated rings. The Morgan fingerprint density at radius 2 is 0.571 bits per heavy atom. The molecule has 0 aliphatic rings. The number of hydrogen-bond donors (Lipinski definition) is 0. The van der Waals surface area contributed by atoms with Crippen LogP contribution in [0.4, 0.5) is 0 Å². The van der Waals surface area contributed by atoms with Gasteiger partial charge in [-0.1, -0.05) is 0 Å². The van der Waals surface area contributed by atoms with E-state index in [4.69, 9.17) is 15.3 Å². The molecule has 0 spiro atoms. The van der Waals surface area contributed by atoms with Gasteiger partial charge in [-0.25, -0.2) is 0 Å². The van der Waals surface area contributed by atoms with Gasteiger partial charge in [0.1, 0.15) is 0 Å². The van der Waals surface area contributed by atoms with E-state index in [1.807, 2.05) is 0 Å². The summed E-state index contributed by atoms with van der Waals surface area (Å²) in [6.07, 6.45) is 0. The van der Waals surface area contributed by atoms with Crippen molar-refractivity contribution in [1.82, 2.24) is 0 Å². The predicted molar refractivity (Wildman–Crippen MR) is 17.8 cm³/mol. The Labute approximate surface area is 69.2 Å². The van der Waals surface area contributed by atoms with E-state index in [1.54, 1.807) is 0 Å². The van der Waals surface area contributed by atoms with E-state index >= 15 is 0 Å². The summed E-state index contributed by atoms with van der Waals surface area (Å²) in [5.74, 6) is 0. The smallest absolute Gasteiger partial charge is 0.857 e. The minimum atomic E-state index is 0. The maximum Gasteiger partial charge on any atom is 3.00 e. The monoisotopic (exact) mass is 182 g/mol. The van der Waals surface area contributed by atoms with E-state index < -0.39 is 0 Å². The van der Waals surface area contributed by atoms with Gasteiger partial charge in [0.25, 0.3) is 0 Å². The summed E-state index contributed by atoms with van der Waals surface area (Å²) >= 11 is 0. The summed E-state index contributed by atoms with van der Waals surface area (Å²) in [5, 5.41) is 24.8. The van der Waals surface area contributed by atoms with Gasteiger partial charge >= 0.3 is 32.7 Å². The number of rotatable bonds is 0. The van der Waals surface area contributed by atoms with E-state index in [0.29, 0.717) is 0 Å². The van der Waals surface area contributed by atoms with Crippen LogP contribution < -0.4 is 15.3 Å². The molecule has 0 rings (SSSR count). The van der Waals surface area contributed by atoms with Crippen LogP contribution in [-0.2, 0) is 32.7 Å². The average molecular weight is 182 g/mol. The molecule has 0 atom stereocenters. The third-order valence-electron chi connectivity index (χ3n) is 0. The first-order valence-electron chi connectivity index (χ1n) is 1.22. The average Bonchev–Trinajstić information content (AvgIpc) is 1.81. The standard InChI is InChI=1S/3CH3O.Y/c3*1-2;/h3*1H3;/q3*-1;+3. The van der Waals surface area contributed by atoms with Crippen molar-refractivity contribution in [3.05, 3.63) is 0 Å². The molecule has 0 saturated carbocycles. The van der Waals surface area contributed by atoms with Crippen molar-refractivity contribution in [3.63, 3.8) is 0 Å². The Kier molecular flexibility index (Phi) is 905. The molecule has 4 heteroatoms. The molecule has 0 aromatic heterocycles. The summed E-state index contributed by atoms with van der Waals surface area (Å²) in [6.45, 7) is 0. The van der Waals surface area contributed by atoms with E-state index in [2.05, 4.69) is 0 Å². The predicted octanol–water partition coefficient (Wildman–Crippen LogP) is -3.07. The summed E-state index contributed by atoms with van der Waals surface area (Å²) < 4.78 is 0. The zero-order chi connectivity index (χ0) is 6.00. The third-order valence-corrected chi connectivity index (χ3v) is 0. The van der Waals surface area contributed by atoms with Gasteiger partial charge in [-0.2, -0.15) is 21.3 Å². The van der Waals surface area contributed by atoms with Crippen LogP contribution in [0.25, 0.3) is 0 Å². The van der Waals surface area contributed by atoms with E-state index in [-0.39, 0.29) is 32.7 Å². The molecule has 0 saturated heterocycles. The van der Waals surface area contributed by atoms with Crippen molar-refractivity contribution in [2.75, 3.05) is 21.3 Å². The molecule has 42 valence electrons. The normalized spacial score (nSPS) is 2.57. The molecule has 0 aliphatic heterocycles. The van der Waals surface area contributed by atoms with E-state index in [9.17, 15) is 0 Å². The van der Waals surface area contributed by atoms with Crippen LogP contribution in [0.15, 0.2) is 0 Å². The second kappa shape index (κ2) is 258. The van der Waals surface area contributed by atoms with Gasteiger partial charge < -0.3 is 15.3 Å². The molecular weight excluding hydrogens is 173 g/mol. The van der Waals surface area contributed by atoms with Crippen molar-refractivity contribution >= 4 is 0 Å². The largest absolute Gasteiger partial charge is 3.00 e. The maximum absolute atomic E-state index is 8.25. The summed E-state index contributed by atoms with van der Waals surface area (Å²) in [7, 11) is 2.25. The minimum absolute atomic E-state index is 0. The van der Waals surface area contributed by atoms with Crippen LogP contribution in [0.3, 0.4) is 0 Å². The molecule has 0 aromatic rings. The molecule has 0 radical (unpaired) electrons. The number of hydrogen-bond acceptors (Lipinski definition) is 3. The Morgan fingerprint density at radius 3 is 0.571 bits per heavy atom. The zero-order valence-corrected chi connectivity index (χ0v) is 7.64. The van der Waals surface area contributed by atoms with Crippen molar-refractivity contribution in [2.24, 2.45) is 0 Å². The quantitative estimate of drug-likeness (QED) is 0.399. The van der Waals surface area contributed by atoms with Crippen LogP contribution in [0.2, 0.25) is 0 Å². The Morgan fingerprint density at radius 1 is 0.571 bits per heavy atom. The van der Waals surface area contributed by atoms with Gasteiger partial charge in [-0.05, 0) is 0 Å². The molecule has 0 aromatic carbocycles. The van der Waals surface area contributed by atoms with Gasteiger partial charge in [0.2, 0.25) is 0 Å². The molecule has 0 amide bonds. The van der Waals surface area contributed by atoms with Gasteiger partial charge in [-0.15, -0.1) is 0 Å². The Hall–Kier alpha value is 0.984. The van der Waals surface area contributed by atoms with Gasteiger partial charge in [0.05, 0.1) is 0 Å². The fourth-order valence-electron chi connectivity index (χ4n) is 0. The van der Waals surface area contributed by atoms with Crippen molar-refractivity contribution in [2.45, 2.75) is 0 Å². The molecular formula is C3H9O3Y. The molecule has 3 nitrogen and oxygen atoms in total. The first-order valence-corrected chi connectivity index (χ1v) is 1.22. The fourth-order valence-corrected chi connectivity index (χ4v) is 0. The van der Waals surface area contributed by atoms with Crippen molar-refractivity contribution < 1.29 is 48.0 Å². The second-order valence-electron chi connectivity index (χ2n) is 0. The van der Waals surface area contributed by atoms with Crippen LogP contribution in [-0.4, -0.2) is 21.3 Å². The molecule has 0 aliphatic carbocycles. The summed E-state index contributed by atoms with van der Waals surface area (Å²) in [5.41, 5.74) is 0. The van der Waals surface area contributed by atoms with Crippen LogP contribution >= 0.6 is 0 Å². The van der Waals surface area contributed by atoms with Gasteiger partial charge in [0.15, 0.2) is 0 Å². The zero-order valence-electron chi connectivity index (χ0n) is 4.80. The minimum Gasteiger partial charge on any atom is -0.857 e. The maximum atomic E-state index is 8.25. The molecule has 0 unspecified atom stereocenters. The summed E-state index contributed by atoms with van der Waals surface area (Å²) in [6, 6.07) is 0. The first-order chi connectivity index (χ1) is 3.00. The van der Waals surface area contributed by atoms with E-state index in [1.165, 1.54) is 0 Å². The second-order valence-corrected chi connectivity index (χ2v) is 0. The van der Waals surface area contributed by atoms with Crippen LogP contribution in [0, 0.1) is 0 Å². The Balaban J connectivity index is -0.00000000900. The SMILES string of the molecule is C[O-].C[O-].C[O-].[Y+3]. The van der Waals surface area contributed by atoms with Gasteiger partial charge in [-0.3, -0.25) is 0 Å². The van der Waals surface area contributed by atoms with Crippen LogP contribution in [0.1, 0.15) is 0 Å². The summed E-state index contributed by atoms with van der Waals surface area (Å²) in [4.78, 5) is 0. The fraction of sp³-hybridized carbons (Fsp3) is 1.00. The molecule has 0 heterocycles. The van der Waals surface area contributed by atoms with Crippen molar-refractivity contribution in [3.8, 4) is 0 Å².